The van der Waals surface area contributed by atoms with Crippen molar-refractivity contribution in [2.24, 2.45) is 0 Å². The van der Waals surface area contributed by atoms with E-state index in [4.69, 9.17) is 4.74 Å². The Morgan fingerprint density at radius 1 is 1.07 bits per heavy atom. The predicted molar refractivity (Wildman–Crippen MR) is 116 cm³/mol. The molecule has 1 atom stereocenters. The number of hydrogen-bond acceptors (Lipinski definition) is 4. The van der Waals surface area contributed by atoms with Crippen molar-refractivity contribution >= 4 is 15.7 Å². The van der Waals surface area contributed by atoms with Crippen molar-refractivity contribution in [2.45, 2.75) is 24.8 Å². The van der Waals surface area contributed by atoms with Gasteiger partial charge in [-0.3, -0.25) is 0 Å². The van der Waals surface area contributed by atoms with Crippen LogP contribution in [0, 0.1) is 13.8 Å². The molecule has 0 radical (unpaired) electrons. The lowest BCUT2D eigenvalue weighted by Crippen LogP contribution is -3.15. The highest BCUT2D eigenvalue weighted by molar-refractivity contribution is 7.89. The van der Waals surface area contributed by atoms with Crippen molar-refractivity contribution in [3.63, 3.8) is 0 Å². The Balaban J connectivity index is 1.82. The highest BCUT2D eigenvalue weighted by Crippen LogP contribution is 2.19. The smallest absolute Gasteiger partial charge is 0.241 e. The second-order valence-electron chi connectivity index (χ2n) is 7.93. The zero-order chi connectivity index (χ0) is 21.0. The zero-order valence-electron chi connectivity index (χ0n) is 17.7. The van der Waals surface area contributed by atoms with Gasteiger partial charge in [-0.15, -0.1) is 0 Å². The number of rotatable bonds is 7. The number of morpholine rings is 1. The van der Waals surface area contributed by atoms with E-state index in [1.807, 2.05) is 40.1 Å². The standard InChI is InChI=1S/C22H31N3O3S/c1-17-5-10-22(18(2)15-17)29(26,27)23-16-21(25-11-13-28-14-12-25)19-6-8-20(9-7-19)24(3)4/h5-10,15,21,23H,11-14,16H2,1-4H3/p+1/t21-/m1/s1. The van der Waals surface area contributed by atoms with Crippen LogP contribution >= 0.6 is 0 Å². The minimum atomic E-state index is -3.57. The van der Waals surface area contributed by atoms with Gasteiger partial charge in [-0.2, -0.15) is 0 Å². The first-order valence-electron chi connectivity index (χ1n) is 10.0. The highest BCUT2D eigenvalue weighted by Gasteiger charge is 2.28. The van der Waals surface area contributed by atoms with Crippen LogP contribution in [-0.4, -0.2) is 55.4 Å². The van der Waals surface area contributed by atoms with Gasteiger partial charge in [-0.05, 0) is 37.6 Å². The van der Waals surface area contributed by atoms with Gasteiger partial charge in [0, 0.05) is 25.3 Å². The van der Waals surface area contributed by atoms with Gasteiger partial charge in [0.15, 0.2) is 0 Å². The first kappa shape index (κ1) is 21.8. The van der Waals surface area contributed by atoms with Crippen molar-refractivity contribution in [1.82, 2.24) is 4.72 Å². The Labute approximate surface area is 174 Å². The molecule has 0 aliphatic carbocycles. The molecule has 1 aliphatic heterocycles. The van der Waals surface area contributed by atoms with Crippen LogP contribution in [0.3, 0.4) is 0 Å². The maximum absolute atomic E-state index is 13.0. The summed E-state index contributed by atoms with van der Waals surface area (Å²) in [6.45, 7) is 7.29. The van der Waals surface area contributed by atoms with E-state index >= 15 is 0 Å². The normalized spacial score (nSPS) is 16.6. The topological polar surface area (TPSA) is 63.1 Å². The number of benzene rings is 2. The van der Waals surface area contributed by atoms with E-state index in [-0.39, 0.29) is 6.04 Å². The molecule has 158 valence electrons. The molecule has 6 nitrogen and oxygen atoms in total. The third-order valence-corrected chi connectivity index (χ3v) is 7.12. The Morgan fingerprint density at radius 2 is 1.72 bits per heavy atom. The van der Waals surface area contributed by atoms with Crippen LogP contribution < -0.4 is 14.5 Å². The summed E-state index contributed by atoms with van der Waals surface area (Å²) in [6.07, 6.45) is 0. The Bertz CT molecular complexity index is 921. The van der Waals surface area contributed by atoms with E-state index in [1.54, 1.807) is 6.07 Å². The molecule has 3 rings (SSSR count). The number of anilines is 1. The van der Waals surface area contributed by atoms with Gasteiger partial charge in [0.05, 0.1) is 24.7 Å². The Hall–Kier alpha value is -1.93. The van der Waals surface area contributed by atoms with E-state index in [9.17, 15) is 8.42 Å². The summed E-state index contributed by atoms with van der Waals surface area (Å²) in [5.74, 6) is 0. The van der Waals surface area contributed by atoms with Crippen molar-refractivity contribution in [3.8, 4) is 0 Å². The maximum Gasteiger partial charge on any atom is 0.241 e. The highest BCUT2D eigenvalue weighted by atomic mass is 32.2. The molecule has 2 aromatic rings. The van der Waals surface area contributed by atoms with Gasteiger partial charge in [0.2, 0.25) is 10.0 Å². The molecular formula is C22H32N3O3S+. The lowest BCUT2D eigenvalue weighted by molar-refractivity contribution is -0.937. The minimum absolute atomic E-state index is 0.0376. The van der Waals surface area contributed by atoms with Crippen LogP contribution in [0.2, 0.25) is 0 Å². The zero-order valence-corrected chi connectivity index (χ0v) is 18.6. The summed E-state index contributed by atoms with van der Waals surface area (Å²) in [6, 6.07) is 13.8. The molecule has 2 aromatic carbocycles. The van der Waals surface area contributed by atoms with Crippen molar-refractivity contribution in [3.05, 3.63) is 59.2 Å². The fourth-order valence-electron chi connectivity index (χ4n) is 3.86. The van der Waals surface area contributed by atoms with E-state index in [0.717, 1.165) is 35.5 Å². The number of quaternary nitrogens is 1. The SMILES string of the molecule is Cc1ccc(S(=O)(=O)NC[C@H](c2ccc(N(C)C)cc2)[NH+]2CCOCC2)c(C)c1. The minimum Gasteiger partial charge on any atom is -0.378 e. The molecule has 1 fully saturated rings. The largest absolute Gasteiger partial charge is 0.378 e. The van der Waals surface area contributed by atoms with Crippen LogP contribution in [0.1, 0.15) is 22.7 Å². The average Bonchev–Trinajstić information content (AvgIpc) is 2.69. The van der Waals surface area contributed by atoms with Gasteiger partial charge >= 0.3 is 0 Å². The molecule has 0 saturated carbocycles. The fourth-order valence-corrected chi connectivity index (χ4v) is 5.13. The molecule has 2 N–H and O–H groups in total. The van der Waals surface area contributed by atoms with Crippen molar-refractivity contribution in [1.29, 1.82) is 0 Å². The number of aryl methyl sites for hydroxylation is 2. The molecule has 1 heterocycles. The van der Waals surface area contributed by atoms with E-state index in [1.165, 1.54) is 4.90 Å². The Kier molecular flexibility index (Phi) is 6.95. The van der Waals surface area contributed by atoms with Gasteiger partial charge < -0.3 is 14.5 Å². The van der Waals surface area contributed by atoms with Gasteiger partial charge in [0.1, 0.15) is 19.1 Å². The first-order chi connectivity index (χ1) is 13.8. The van der Waals surface area contributed by atoms with Crippen LogP contribution in [0.15, 0.2) is 47.4 Å². The van der Waals surface area contributed by atoms with Crippen LogP contribution in [0.4, 0.5) is 5.69 Å². The molecule has 0 aromatic heterocycles. The lowest BCUT2D eigenvalue weighted by Gasteiger charge is -2.32. The monoisotopic (exact) mass is 418 g/mol. The molecule has 7 heteroatoms. The van der Waals surface area contributed by atoms with E-state index < -0.39 is 10.0 Å². The van der Waals surface area contributed by atoms with Gasteiger partial charge in [-0.1, -0.05) is 29.8 Å². The van der Waals surface area contributed by atoms with Gasteiger partial charge in [-0.25, -0.2) is 13.1 Å². The molecule has 1 aliphatic rings. The predicted octanol–water partition coefficient (Wildman–Crippen LogP) is 1.30. The van der Waals surface area contributed by atoms with Crippen LogP contribution in [-0.2, 0) is 14.8 Å². The van der Waals surface area contributed by atoms with Crippen molar-refractivity contribution < 1.29 is 18.1 Å². The Morgan fingerprint density at radius 3 is 2.31 bits per heavy atom. The molecule has 29 heavy (non-hydrogen) atoms. The summed E-state index contributed by atoms with van der Waals surface area (Å²) in [7, 11) is 0.449. The maximum atomic E-state index is 13.0. The fraction of sp³-hybridized carbons (Fsp3) is 0.455. The quantitative estimate of drug-likeness (QED) is 0.712. The molecule has 0 spiro atoms. The van der Waals surface area contributed by atoms with Crippen LogP contribution in [0.5, 0.6) is 0 Å². The number of nitrogens with one attached hydrogen (secondary N) is 2. The number of ether oxygens (including phenoxy) is 1. The van der Waals surface area contributed by atoms with E-state index in [0.29, 0.717) is 24.7 Å². The number of hydrogen-bond donors (Lipinski definition) is 2. The second kappa shape index (κ2) is 9.26. The van der Waals surface area contributed by atoms with Gasteiger partial charge in [0.25, 0.3) is 0 Å². The number of nitrogens with zero attached hydrogens (tertiary/aromatic N) is 1. The molecule has 0 amide bonds. The first-order valence-corrected chi connectivity index (χ1v) is 11.5. The third-order valence-electron chi connectivity index (χ3n) is 5.54. The van der Waals surface area contributed by atoms with Crippen LogP contribution in [0.25, 0.3) is 0 Å². The van der Waals surface area contributed by atoms with E-state index in [2.05, 4.69) is 33.9 Å². The number of sulfonamides is 1. The second-order valence-corrected chi connectivity index (χ2v) is 9.67. The molecule has 1 saturated heterocycles. The summed E-state index contributed by atoms with van der Waals surface area (Å²) in [5, 5.41) is 0. The summed E-state index contributed by atoms with van der Waals surface area (Å²) >= 11 is 0. The third kappa shape index (κ3) is 5.36. The molecule has 0 unspecified atom stereocenters. The summed E-state index contributed by atoms with van der Waals surface area (Å²) < 4.78 is 34.3. The molecular weight excluding hydrogens is 386 g/mol. The summed E-state index contributed by atoms with van der Waals surface area (Å²) in [4.78, 5) is 3.75. The average molecular weight is 419 g/mol. The van der Waals surface area contributed by atoms with Crippen molar-refractivity contribution in [2.75, 3.05) is 51.8 Å². The molecule has 0 bridgehead atoms. The lowest BCUT2D eigenvalue weighted by atomic mass is 10.0. The summed E-state index contributed by atoms with van der Waals surface area (Å²) in [5.41, 5.74) is 4.08.